The van der Waals surface area contributed by atoms with E-state index in [9.17, 15) is 14.4 Å². The number of allylic oxidation sites excluding steroid dienone is 12. The van der Waals surface area contributed by atoms with E-state index in [1.165, 1.54) is 205 Å². The third kappa shape index (κ3) is 63.6. The Morgan fingerprint density at radius 1 is 0.273 bits per heavy atom. The van der Waals surface area contributed by atoms with Crippen LogP contribution in [0.5, 0.6) is 0 Å². The Morgan fingerprint density at radius 2 is 0.506 bits per heavy atom. The van der Waals surface area contributed by atoms with Crippen molar-refractivity contribution >= 4 is 17.9 Å². The zero-order valence-corrected chi connectivity index (χ0v) is 51.2. The standard InChI is InChI=1S/C71H126O6/c1-4-7-10-13-16-19-22-25-28-31-34-35-36-38-40-43-46-49-52-55-58-61-64-70(73)76-67-68(66-75-69(72)63-60-57-54-51-48-45-42-39-33-30-27-24-21-18-15-12-9-6-3)77-71(74)65-62-59-56-53-50-47-44-41-37-32-29-26-23-20-17-14-11-8-5-2/h8,11,17,20,26,29-30,33,37,41,47,50,68H,4-7,9-10,12-16,18-19,21-25,27-28,31-32,34-36,38-40,42-46,48-49,51-67H2,1-3H3/b11-8-,20-17-,29-26-,33-30-,41-37-,50-47-. The molecule has 0 aromatic carbocycles. The monoisotopic (exact) mass is 1070 g/mol. The number of carbonyl (C=O) groups excluding carboxylic acids is 3. The minimum atomic E-state index is -0.795. The molecule has 0 amide bonds. The first-order valence-corrected chi connectivity index (χ1v) is 33.4. The molecule has 1 unspecified atom stereocenters. The van der Waals surface area contributed by atoms with Crippen molar-refractivity contribution in [2.45, 2.75) is 348 Å². The smallest absolute Gasteiger partial charge is 0.306 e. The zero-order chi connectivity index (χ0) is 55.7. The molecule has 77 heavy (non-hydrogen) atoms. The largest absolute Gasteiger partial charge is 0.462 e. The predicted octanol–water partition coefficient (Wildman–Crippen LogP) is 22.9. The van der Waals surface area contributed by atoms with E-state index in [1.54, 1.807) is 0 Å². The van der Waals surface area contributed by atoms with E-state index < -0.39 is 6.10 Å². The normalized spacial score (nSPS) is 12.5. The zero-order valence-electron chi connectivity index (χ0n) is 51.2. The van der Waals surface area contributed by atoms with Crippen LogP contribution in [0.2, 0.25) is 0 Å². The molecule has 0 aliphatic heterocycles. The average molecular weight is 1080 g/mol. The second kappa shape index (κ2) is 65.4. The third-order valence-electron chi connectivity index (χ3n) is 14.7. The van der Waals surface area contributed by atoms with Crippen molar-refractivity contribution in [1.29, 1.82) is 0 Å². The number of hydrogen-bond donors (Lipinski definition) is 0. The quantitative estimate of drug-likeness (QED) is 0.0261. The second-order valence-corrected chi connectivity index (χ2v) is 22.4. The Kier molecular flexibility index (Phi) is 62.7. The van der Waals surface area contributed by atoms with Gasteiger partial charge in [0.25, 0.3) is 0 Å². The van der Waals surface area contributed by atoms with Crippen molar-refractivity contribution < 1.29 is 28.6 Å². The molecule has 0 bridgehead atoms. The summed E-state index contributed by atoms with van der Waals surface area (Å²) in [7, 11) is 0. The first-order valence-electron chi connectivity index (χ1n) is 33.4. The van der Waals surface area contributed by atoms with Crippen LogP contribution >= 0.6 is 0 Å². The van der Waals surface area contributed by atoms with E-state index in [0.29, 0.717) is 19.3 Å². The van der Waals surface area contributed by atoms with Crippen molar-refractivity contribution in [2.24, 2.45) is 0 Å². The summed E-state index contributed by atoms with van der Waals surface area (Å²) in [6.07, 6.45) is 84.9. The first kappa shape index (κ1) is 73.8. The lowest BCUT2D eigenvalue weighted by Crippen LogP contribution is -2.30. The van der Waals surface area contributed by atoms with Crippen molar-refractivity contribution in [3.63, 3.8) is 0 Å². The highest BCUT2D eigenvalue weighted by atomic mass is 16.6. The Labute approximate surface area is 478 Å². The Morgan fingerprint density at radius 3 is 0.818 bits per heavy atom. The van der Waals surface area contributed by atoms with Crippen molar-refractivity contribution in [1.82, 2.24) is 0 Å². The molecule has 0 aromatic heterocycles. The molecule has 0 aromatic rings. The van der Waals surface area contributed by atoms with Gasteiger partial charge in [-0.25, -0.2) is 0 Å². The van der Waals surface area contributed by atoms with Crippen molar-refractivity contribution in [2.75, 3.05) is 13.2 Å². The van der Waals surface area contributed by atoms with Crippen LogP contribution in [0, 0.1) is 0 Å². The Balaban J connectivity index is 4.39. The lowest BCUT2D eigenvalue weighted by atomic mass is 10.0. The molecule has 0 rings (SSSR count). The van der Waals surface area contributed by atoms with Crippen molar-refractivity contribution in [3.05, 3.63) is 72.9 Å². The third-order valence-corrected chi connectivity index (χ3v) is 14.7. The van der Waals surface area contributed by atoms with Gasteiger partial charge in [-0.05, 0) is 89.9 Å². The molecular weight excluding hydrogens is 949 g/mol. The van der Waals surface area contributed by atoms with Gasteiger partial charge in [-0.15, -0.1) is 0 Å². The second-order valence-electron chi connectivity index (χ2n) is 22.4. The van der Waals surface area contributed by atoms with Crippen LogP contribution in [-0.2, 0) is 28.6 Å². The molecule has 0 N–H and O–H groups in total. The SMILES string of the molecule is CC/C=C\C/C=C\C/C=C\C/C=C\C/C=C\CCCCCC(=O)OC(COC(=O)CCCCCCCCC/C=C\CCCCCCCCC)COC(=O)CCCCCCCCCCCCCCCCCCCCCCCC. The van der Waals surface area contributed by atoms with Gasteiger partial charge in [0.1, 0.15) is 13.2 Å². The summed E-state index contributed by atoms with van der Waals surface area (Å²) in [5.74, 6) is -0.905. The van der Waals surface area contributed by atoms with Crippen LogP contribution in [0.4, 0.5) is 0 Å². The molecule has 446 valence electrons. The number of unbranched alkanes of at least 4 members (excludes halogenated alkanes) is 38. The molecule has 0 aliphatic carbocycles. The van der Waals surface area contributed by atoms with Gasteiger partial charge in [0.15, 0.2) is 6.10 Å². The summed E-state index contributed by atoms with van der Waals surface area (Å²) < 4.78 is 16.9. The molecule has 0 saturated carbocycles. The lowest BCUT2D eigenvalue weighted by Gasteiger charge is -2.18. The van der Waals surface area contributed by atoms with Gasteiger partial charge in [0.2, 0.25) is 0 Å². The fourth-order valence-corrected chi connectivity index (χ4v) is 9.70. The highest BCUT2D eigenvalue weighted by molar-refractivity contribution is 5.71. The lowest BCUT2D eigenvalue weighted by molar-refractivity contribution is -0.167. The fraction of sp³-hybridized carbons (Fsp3) is 0.789. The maximum absolute atomic E-state index is 12.9. The van der Waals surface area contributed by atoms with Gasteiger partial charge in [-0.1, -0.05) is 306 Å². The predicted molar refractivity (Wildman–Crippen MR) is 335 cm³/mol. The van der Waals surface area contributed by atoms with Gasteiger partial charge in [0.05, 0.1) is 0 Å². The number of hydrogen-bond acceptors (Lipinski definition) is 6. The summed E-state index contributed by atoms with van der Waals surface area (Å²) in [5.41, 5.74) is 0. The van der Waals surface area contributed by atoms with Crippen LogP contribution in [-0.4, -0.2) is 37.2 Å². The maximum Gasteiger partial charge on any atom is 0.306 e. The Hall–Kier alpha value is -3.15. The molecule has 6 nitrogen and oxygen atoms in total. The molecule has 0 aliphatic rings. The van der Waals surface area contributed by atoms with Crippen LogP contribution in [0.1, 0.15) is 342 Å². The van der Waals surface area contributed by atoms with Gasteiger partial charge >= 0.3 is 17.9 Å². The first-order chi connectivity index (χ1) is 38.0. The van der Waals surface area contributed by atoms with Gasteiger partial charge in [-0.2, -0.15) is 0 Å². The van der Waals surface area contributed by atoms with E-state index in [-0.39, 0.29) is 31.1 Å². The van der Waals surface area contributed by atoms with Gasteiger partial charge in [-0.3, -0.25) is 14.4 Å². The minimum absolute atomic E-state index is 0.0871. The molecular formula is C71H126O6. The molecule has 0 fully saturated rings. The topological polar surface area (TPSA) is 78.9 Å². The summed E-state index contributed by atoms with van der Waals surface area (Å²) in [6, 6.07) is 0. The fourth-order valence-electron chi connectivity index (χ4n) is 9.70. The van der Waals surface area contributed by atoms with E-state index in [2.05, 4.69) is 93.7 Å². The van der Waals surface area contributed by atoms with E-state index in [0.717, 1.165) is 96.3 Å². The molecule has 6 heteroatoms. The van der Waals surface area contributed by atoms with Crippen LogP contribution in [0.25, 0.3) is 0 Å². The number of ether oxygens (including phenoxy) is 3. The highest BCUT2D eigenvalue weighted by Crippen LogP contribution is 2.17. The van der Waals surface area contributed by atoms with E-state index in [1.807, 2.05) is 0 Å². The van der Waals surface area contributed by atoms with Crippen LogP contribution < -0.4 is 0 Å². The van der Waals surface area contributed by atoms with Crippen molar-refractivity contribution in [3.8, 4) is 0 Å². The van der Waals surface area contributed by atoms with Crippen LogP contribution in [0.15, 0.2) is 72.9 Å². The molecule has 0 spiro atoms. The van der Waals surface area contributed by atoms with Gasteiger partial charge < -0.3 is 14.2 Å². The molecule has 0 heterocycles. The van der Waals surface area contributed by atoms with Crippen LogP contribution in [0.3, 0.4) is 0 Å². The van der Waals surface area contributed by atoms with E-state index >= 15 is 0 Å². The number of carbonyl (C=O) groups is 3. The van der Waals surface area contributed by atoms with Gasteiger partial charge in [0, 0.05) is 19.3 Å². The maximum atomic E-state index is 12.9. The summed E-state index contributed by atoms with van der Waals surface area (Å²) in [6.45, 7) is 6.55. The minimum Gasteiger partial charge on any atom is -0.462 e. The Bertz CT molecular complexity index is 1420. The number of rotatable bonds is 61. The summed E-state index contributed by atoms with van der Waals surface area (Å²) in [4.78, 5) is 38.4. The summed E-state index contributed by atoms with van der Waals surface area (Å²) in [5, 5.41) is 0. The highest BCUT2D eigenvalue weighted by Gasteiger charge is 2.19. The van der Waals surface area contributed by atoms with E-state index in [4.69, 9.17) is 14.2 Å². The average Bonchev–Trinajstić information content (AvgIpc) is 3.43. The summed E-state index contributed by atoms with van der Waals surface area (Å²) >= 11 is 0. The molecule has 1 atom stereocenters. The molecule has 0 radical (unpaired) electrons. The number of esters is 3. The molecule has 0 saturated heterocycles.